The van der Waals surface area contributed by atoms with Crippen LogP contribution in [-0.4, -0.2) is 54.8 Å². The quantitative estimate of drug-likeness (QED) is 0.649. The maximum atomic E-state index is 12.2. The van der Waals surface area contributed by atoms with Crippen molar-refractivity contribution in [3.63, 3.8) is 0 Å². The van der Waals surface area contributed by atoms with Crippen LogP contribution in [0.3, 0.4) is 0 Å². The number of carbonyl (C=O) groups is 1. The van der Waals surface area contributed by atoms with Gasteiger partial charge in [0.25, 0.3) is 0 Å². The monoisotopic (exact) mass is 304 g/mol. The number of hydrogen-bond acceptors (Lipinski definition) is 3. The van der Waals surface area contributed by atoms with Gasteiger partial charge in [-0.2, -0.15) is 0 Å². The van der Waals surface area contributed by atoms with E-state index in [9.17, 15) is 4.79 Å². The first-order valence-electron chi connectivity index (χ1n) is 7.76. The average molecular weight is 304 g/mol. The van der Waals surface area contributed by atoms with Gasteiger partial charge in [0.2, 0.25) is 5.91 Å². The molecule has 1 aromatic rings. The SMILES string of the molecule is CCN(CC)C(C)C(=O)Nc1ccc(/N=C(\C)N(C)C)cc1. The summed E-state index contributed by atoms with van der Waals surface area (Å²) in [5, 5.41) is 2.95. The molecule has 5 nitrogen and oxygen atoms in total. The molecule has 0 fully saturated rings. The fourth-order valence-electron chi connectivity index (χ4n) is 2.09. The zero-order valence-corrected chi connectivity index (χ0v) is 14.6. The number of nitrogens with one attached hydrogen (secondary N) is 1. The zero-order chi connectivity index (χ0) is 16.7. The summed E-state index contributed by atoms with van der Waals surface area (Å²) in [4.78, 5) is 20.8. The Morgan fingerprint density at radius 3 is 2.18 bits per heavy atom. The topological polar surface area (TPSA) is 47.9 Å². The van der Waals surface area contributed by atoms with Crippen LogP contribution >= 0.6 is 0 Å². The molecule has 0 aromatic heterocycles. The van der Waals surface area contributed by atoms with Crippen LogP contribution in [0.15, 0.2) is 29.3 Å². The third kappa shape index (κ3) is 5.15. The minimum atomic E-state index is -0.135. The van der Waals surface area contributed by atoms with Crippen LogP contribution in [0, 0.1) is 0 Å². The number of benzene rings is 1. The molecule has 5 heteroatoms. The van der Waals surface area contributed by atoms with Crippen LogP contribution in [0.2, 0.25) is 0 Å². The van der Waals surface area contributed by atoms with E-state index >= 15 is 0 Å². The van der Waals surface area contributed by atoms with E-state index in [-0.39, 0.29) is 11.9 Å². The molecule has 0 bridgehead atoms. The highest BCUT2D eigenvalue weighted by Gasteiger charge is 2.18. The highest BCUT2D eigenvalue weighted by atomic mass is 16.2. The number of amidine groups is 1. The van der Waals surface area contributed by atoms with E-state index in [0.29, 0.717) is 0 Å². The first-order chi connectivity index (χ1) is 10.4. The van der Waals surface area contributed by atoms with Crippen molar-refractivity contribution in [3.8, 4) is 0 Å². The van der Waals surface area contributed by atoms with Crippen molar-refractivity contribution in [1.82, 2.24) is 9.80 Å². The van der Waals surface area contributed by atoms with Crippen LogP contribution in [0.4, 0.5) is 11.4 Å². The van der Waals surface area contributed by atoms with Gasteiger partial charge in [0.15, 0.2) is 0 Å². The molecule has 0 saturated carbocycles. The van der Waals surface area contributed by atoms with Gasteiger partial charge < -0.3 is 10.2 Å². The molecule has 1 aromatic carbocycles. The molecule has 0 aliphatic heterocycles. The van der Waals surface area contributed by atoms with Gasteiger partial charge in [0.05, 0.1) is 11.7 Å². The van der Waals surface area contributed by atoms with Crippen molar-refractivity contribution in [3.05, 3.63) is 24.3 Å². The molecule has 1 atom stereocenters. The summed E-state index contributed by atoms with van der Waals surface area (Å²) in [7, 11) is 3.92. The molecule has 122 valence electrons. The number of hydrogen-bond donors (Lipinski definition) is 1. The summed E-state index contributed by atoms with van der Waals surface area (Å²) in [5.74, 6) is 0.955. The Kier molecular flexibility index (Phi) is 7.05. The third-order valence-electron chi connectivity index (χ3n) is 3.81. The lowest BCUT2D eigenvalue weighted by molar-refractivity contribution is -0.120. The molecule has 0 aliphatic carbocycles. The molecule has 1 rings (SSSR count). The summed E-state index contributed by atoms with van der Waals surface area (Å²) in [6, 6.07) is 7.45. The molecular formula is C17H28N4O. The standard InChI is InChI=1S/C17H28N4O/c1-7-21(8-2)13(3)17(22)19-16-11-9-15(10-12-16)18-14(4)20(5)6/h9-13H,7-8H2,1-6H3,(H,19,22)/b18-14+. The normalized spacial score (nSPS) is 13.1. The maximum Gasteiger partial charge on any atom is 0.241 e. The van der Waals surface area contributed by atoms with Crippen LogP contribution in [0.25, 0.3) is 0 Å². The highest BCUT2D eigenvalue weighted by Crippen LogP contribution is 2.17. The van der Waals surface area contributed by atoms with Gasteiger partial charge in [0.1, 0.15) is 5.84 Å². The Balaban J connectivity index is 2.72. The number of carbonyl (C=O) groups excluding carboxylic acids is 1. The lowest BCUT2D eigenvalue weighted by Crippen LogP contribution is -2.41. The minimum Gasteiger partial charge on any atom is -0.366 e. The van der Waals surface area contributed by atoms with E-state index in [4.69, 9.17) is 0 Å². The Morgan fingerprint density at radius 2 is 1.73 bits per heavy atom. The number of likely N-dealkylation sites (N-methyl/N-ethyl adjacent to an activating group) is 1. The molecule has 1 N–H and O–H groups in total. The van der Waals surface area contributed by atoms with E-state index in [1.54, 1.807) is 0 Å². The van der Waals surface area contributed by atoms with Crippen molar-refractivity contribution in [2.24, 2.45) is 4.99 Å². The summed E-state index contributed by atoms with van der Waals surface area (Å²) >= 11 is 0. The Bertz CT molecular complexity index is 504. The largest absolute Gasteiger partial charge is 0.366 e. The fraction of sp³-hybridized carbons (Fsp3) is 0.529. The summed E-state index contributed by atoms with van der Waals surface area (Å²) < 4.78 is 0. The van der Waals surface area contributed by atoms with Crippen LogP contribution < -0.4 is 5.32 Å². The van der Waals surface area contributed by atoms with Gasteiger partial charge in [-0.25, -0.2) is 4.99 Å². The Morgan fingerprint density at radius 1 is 1.18 bits per heavy atom. The first-order valence-corrected chi connectivity index (χ1v) is 7.76. The van der Waals surface area contributed by atoms with Gasteiger partial charge in [-0.05, 0) is 51.2 Å². The molecule has 0 radical (unpaired) electrons. The molecule has 0 saturated heterocycles. The zero-order valence-electron chi connectivity index (χ0n) is 14.6. The van der Waals surface area contributed by atoms with Crippen LogP contribution in [0.1, 0.15) is 27.7 Å². The van der Waals surface area contributed by atoms with Gasteiger partial charge in [-0.15, -0.1) is 0 Å². The van der Waals surface area contributed by atoms with Crippen molar-refractivity contribution < 1.29 is 4.79 Å². The molecule has 0 aliphatic rings. The number of nitrogens with zero attached hydrogens (tertiary/aromatic N) is 3. The van der Waals surface area contributed by atoms with E-state index in [1.807, 2.05) is 57.1 Å². The third-order valence-corrected chi connectivity index (χ3v) is 3.81. The minimum absolute atomic E-state index is 0.0180. The molecule has 0 heterocycles. The first kappa shape index (κ1) is 18.2. The van der Waals surface area contributed by atoms with Gasteiger partial charge in [0, 0.05) is 19.8 Å². The second-order valence-electron chi connectivity index (χ2n) is 5.49. The number of amides is 1. The van der Waals surface area contributed by atoms with Crippen molar-refractivity contribution in [1.29, 1.82) is 0 Å². The number of rotatable bonds is 6. The predicted octanol–water partition coefficient (Wildman–Crippen LogP) is 2.97. The Labute approximate surface area is 134 Å². The summed E-state index contributed by atoms with van der Waals surface area (Å²) in [6.07, 6.45) is 0. The molecule has 22 heavy (non-hydrogen) atoms. The van der Waals surface area contributed by atoms with Crippen molar-refractivity contribution in [2.75, 3.05) is 32.5 Å². The maximum absolute atomic E-state index is 12.2. The molecule has 0 spiro atoms. The molecule has 1 amide bonds. The second kappa shape index (κ2) is 8.54. The molecule has 1 unspecified atom stereocenters. The summed E-state index contributed by atoms with van der Waals surface area (Å²) in [6.45, 7) is 9.74. The predicted molar refractivity (Wildman–Crippen MR) is 93.9 cm³/mol. The van der Waals surface area contributed by atoms with Crippen molar-refractivity contribution in [2.45, 2.75) is 33.7 Å². The average Bonchev–Trinajstić information content (AvgIpc) is 2.50. The van der Waals surface area contributed by atoms with Gasteiger partial charge in [-0.3, -0.25) is 9.69 Å². The van der Waals surface area contributed by atoms with E-state index < -0.39 is 0 Å². The highest BCUT2D eigenvalue weighted by molar-refractivity contribution is 5.94. The number of aliphatic imine (C=N–C) groups is 1. The smallest absolute Gasteiger partial charge is 0.241 e. The Hall–Kier alpha value is -1.88. The van der Waals surface area contributed by atoms with Gasteiger partial charge in [-0.1, -0.05) is 13.8 Å². The fourth-order valence-corrected chi connectivity index (χ4v) is 2.09. The summed E-state index contributed by atoms with van der Waals surface area (Å²) in [5.41, 5.74) is 1.67. The van der Waals surface area contributed by atoms with E-state index in [1.165, 1.54) is 0 Å². The second-order valence-corrected chi connectivity index (χ2v) is 5.49. The van der Waals surface area contributed by atoms with Crippen LogP contribution in [-0.2, 0) is 4.79 Å². The van der Waals surface area contributed by atoms with E-state index in [0.717, 1.165) is 30.3 Å². The molecular weight excluding hydrogens is 276 g/mol. The van der Waals surface area contributed by atoms with Gasteiger partial charge >= 0.3 is 0 Å². The van der Waals surface area contributed by atoms with Crippen LogP contribution in [0.5, 0.6) is 0 Å². The lowest BCUT2D eigenvalue weighted by atomic mass is 10.2. The number of anilines is 1. The lowest BCUT2D eigenvalue weighted by Gasteiger charge is -2.25. The van der Waals surface area contributed by atoms with Crippen molar-refractivity contribution >= 4 is 23.1 Å². The van der Waals surface area contributed by atoms with E-state index in [2.05, 4.69) is 29.1 Å².